The first-order valence-corrected chi connectivity index (χ1v) is 8.74. The third kappa shape index (κ3) is 3.20. The molecule has 22 heavy (non-hydrogen) atoms. The summed E-state index contributed by atoms with van der Waals surface area (Å²) in [4.78, 5) is 0.312. The standard InChI is InChI=1S/C17H18FNO2S/c1-13-2-10-17(11-3-13)22(20,21)19(16-8-9-16)12-14-4-6-15(18)7-5-14/h2-7,10-11,16H,8-9,12H2,1H3. The highest BCUT2D eigenvalue weighted by molar-refractivity contribution is 7.89. The van der Waals surface area contributed by atoms with Crippen LogP contribution >= 0.6 is 0 Å². The van der Waals surface area contributed by atoms with Gasteiger partial charge in [0, 0.05) is 12.6 Å². The van der Waals surface area contributed by atoms with Gasteiger partial charge in [-0.05, 0) is 49.6 Å². The molecule has 0 aliphatic heterocycles. The fourth-order valence-electron chi connectivity index (χ4n) is 2.39. The Kier molecular flexibility index (Phi) is 4.02. The molecule has 0 radical (unpaired) electrons. The summed E-state index contributed by atoms with van der Waals surface area (Å²) in [6, 6.07) is 12.9. The summed E-state index contributed by atoms with van der Waals surface area (Å²) in [5.74, 6) is -0.317. The van der Waals surface area contributed by atoms with Gasteiger partial charge < -0.3 is 0 Å². The lowest BCUT2D eigenvalue weighted by Crippen LogP contribution is -2.32. The van der Waals surface area contributed by atoms with Crippen LogP contribution in [0.5, 0.6) is 0 Å². The summed E-state index contributed by atoms with van der Waals surface area (Å²) < 4.78 is 40.2. The zero-order valence-corrected chi connectivity index (χ0v) is 13.2. The molecule has 0 aromatic heterocycles. The maximum Gasteiger partial charge on any atom is 0.243 e. The number of hydrogen-bond donors (Lipinski definition) is 0. The first kappa shape index (κ1) is 15.2. The van der Waals surface area contributed by atoms with Crippen LogP contribution in [0, 0.1) is 12.7 Å². The summed E-state index contributed by atoms with van der Waals surface area (Å²) in [5, 5.41) is 0. The van der Waals surface area contributed by atoms with Crippen molar-refractivity contribution >= 4 is 10.0 Å². The number of sulfonamides is 1. The molecule has 0 saturated heterocycles. The molecule has 1 aliphatic carbocycles. The molecule has 2 aromatic carbocycles. The molecular weight excluding hydrogens is 301 g/mol. The SMILES string of the molecule is Cc1ccc(S(=O)(=O)N(Cc2ccc(F)cc2)C2CC2)cc1. The van der Waals surface area contributed by atoms with Crippen LogP contribution in [-0.4, -0.2) is 18.8 Å². The van der Waals surface area contributed by atoms with Gasteiger partial charge in [0.1, 0.15) is 5.82 Å². The van der Waals surface area contributed by atoms with E-state index < -0.39 is 10.0 Å². The molecule has 0 heterocycles. The number of rotatable bonds is 5. The monoisotopic (exact) mass is 319 g/mol. The largest absolute Gasteiger partial charge is 0.243 e. The van der Waals surface area contributed by atoms with Crippen molar-refractivity contribution in [3.8, 4) is 0 Å². The Morgan fingerprint density at radius 1 is 1.05 bits per heavy atom. The van der Waals surface area contributed by atoms with Crippen molar-refractivity contribution in [3.63, 3.8) is 0 Å². The zero-order chi connectivity index (χ0) is 15.7. The molecule has 116 valence electrons. The van der Waals surface area contributed by atoms with Crippen molar-refractivity contribution in [1.82, 2.24) is 4.31 Å². The predicted octanol–water partition coefficient (Wildman–Crippen LogP) is 3.49. The Morgan fingerprint density at radius 3 is 2.18 bits per heavy atom. The lowest BCUT2D eigenvalue weighted by Gasteiger charge is -2.22. The highest BCUT2D eigenvalue weighted by Crippen LogP contribution is 2.33. The Hall–Kier alpha value is -1.72. The van der Waals surface area contributed by atoms with Crippen LogP contribution in [-0.2, 0) is 16.6 Å². The average molecular weight is 319 g/mol. The first-order valence-electron chi connectivity index (χ1n) is 7.30. The van der Waals surface area contributed by atoms with Crippen LogP contribution in [0.1, 0.15) is 24.0 Å². The Balaban J connectivity index is 1.90. The molecular formula is C17H18FNO2S. The van der Waals surface area contributed by atoms with Crippen LogP contribution in [0.2, 0.25) is 0 Å². The van der Waals surface area contributed by atoms with Crippen molar-refractivity contribution in [2.24, 2.45) is 0 Å². The summed E-state index contributed by atoms with van der Waals surface area (Å²) >= 11 is 0. The van der Waals surface area contributed by atoms with E-state index in [0.717, 1.165) is 24.0 Å². The van der Waals surface area contributed by atoms with Crippen LogP contribution in [0.15, 0.2) is 53.4 Å². The van der Waals surface area contributed by atoms with E-state index in [0.29, 0.717) is 4.90 Å². The van der Waals surface area contributed by atoms with Gasteiger partial charge in [0.25, 0.3) is 0 Å². The van der Waals surface area contributed by atoms with Crippen molar-refractivity contribution in [3.05, 3.63) is 65.5 Å². The summed E-state index contributed by atoms with van der Waals surface area (Å²) in [5.41, 5.74) is 1.82. The Morgan fingerprint density at radius 2 is 1.64 bits per heavy atom. The minimum atomic E-state index is -3.52. The maximum atomic E-state index is 13.0. The zero-order valence-electron chi connectivity index (χ0n) is 12.4. The molecule has 5 heteroatoms. The van der Waals surface area contributed by atoms with Gasteiger partial charge in [0.2, 0.25) is 10.0 Å². The third-order valence-electron chi connectivity index (χ3n) is 3.83. The summed E-state index contributed by atoms with van der Waals surface area (Å²) in [6.07, 6.45) is 1.76. The molecule has 1 fully saturated rings. The van der Waals surface area contributed by atoms with E-state index in [1.807, 2.05) is 6.92 Å². The van der Waals surface area contributed by atoms with E-state index in [1.165, 1.54) is 16.4 Å². The summed E-state index contributed by atoms with van der Waals surface area (Å²) in [6.45, 7) is 2.20. The summed E-state index contributed by atoms with van der Waals surface area (Å²) in [7, 11) is -3.52. The third-order valence-corrected chi connectivity index (χ3v) is 5.75. The normalized spacial score (nSPS) is 15.2. The highest BCUT2D eigenvalue weighted by atomic mass is 32.2. The van der Waals surface area contributed by atoms with Crippen LogP contribution < -0.4 is 0 Å². The van der Waals surface area contributed by atoms with E-state index in [4.69, 9.17) is 0 Å². The van der Waals surface area contributed by atoms with E-state index >= 15 is 0 Å². The van der Waals surface area contributed by atoms with E-state index in [-0.39, 0.29) is 18.4 Å². The fraction of sp³-hybridized carbons (Fsp3) is 0.294. The Bertz CT molecular complexity index is 750. The minimum absolute atomic E-state index is 0.0522. The van der Waals surface area contributed by atoms with E-state index in [2.05, 4.69) is 0 Å². The second-order valence-corrected chi connectivity index (χ2v) is 7.61. The Labute approximate surface area is 130 Å². The van der Waals surface area contributed by atoms with Gasteiger partial charge in [0.15, 0.2) is 0 Å². The van der Waals surface area contributed by atoms with Gasteiger partial charge in [-0.1, -0.05) is 29.8 Å². The molecule has 3 rings (SSSR count). The molecule has 2 aromatic rings. The molecule has 0 atom stereocenters. The molecule has 1 aliphatic rings. The second-order valence-electron chi connectivity index (χ2n) is 5.72. The quantitative estimate of drug-likeness (QED) is 0.846. The van der Waals surface area contributed by atoms with E-state index in [9.17, 15) is 12.8 Å². The van der Waals surface area contributed by atoms with Gasteiger partial charge in [0.05, 0.1) is 4.90 Å². The number of benzene rings is 2. The number of aryl methyl sites for hydroxylation is 1. The minimum Gasteiger partial charge on any atom is -0.207 e. The highest BCUT2D eigenvalue weighted by Gasteiger charge is 2.37. The lowest BCUT2D eigenvalue weighted by molar-refractivity contribution is 0.398. The van der Waals surface area contributed by atoms with Crippen molar-refractivity contribution in [2.75, 3.05) is 0 Å². The lowest BCUT2D eigenvalue weighted by atomic mass is 10.2. The molecule has 0 unspecified atom stereocenters. The van der Waals surface area contributed by atoms with Crippen molar-refractivity contribution < 1.29 is 12.8 Å². The van der Waals surface area contributed by atoms with Crippen molar-refractivity contribution in [1.29, 1.82) is 0 Å². The van der Waals surface area contributed by atoms with Gasteiger partial charge in [-0.25, -0.2) is 12.8 Å². The number of halogens is 1. The fourth-order valence-corrected chi connectivity index (χ4v) is 4.06. The maximum absolute atomic E-state index is 13.0. The molecule has 0 bridgehead atoms. The molecule has 0 spiro atoms. The molecule has 3 nitrogen and oxygen atoms in total. The average Bonchev–Trinajstić information content (AvgIpc) is 3.31. The van der Waals surface area contributed by atoms with Crippen molar-refractivity contribution in [2.45, 2.75) is 37.2 Å². The number of hydrogen-bond acceptors (Lipinski definition) is 2. The van der Waals surface area contributed by atoms with Gasteiger partial charge in [-0.2, -0.15) is 4.31 Å². The van der Waals surface area contributed by atoms with Gasteiger partial charge >= 0.3 is 0 Å². The molecule has 0 amide bonds. The second kappa shape index (κ2) is 5.82. The van der Waals surface area contributed by atoms with E-state index in [1.54, 1.807) is 36.4 Å². The molecule has 1 saturated carbocycles. The first-order chi connectivity index (χ1) is 10.5. The van der Waals surface area contributed by atoms with Gasteiger partial charge in [-0.15, -0.1) is 0 Å². The van der Waals surface area contributed by atoms with Crippen LogP contribution in [0.25, 0.3) is 0 Å². The number of nitrogens with zero attached hydrogens (tertiary/aromatic N) is 1. The predicted molar refractivity (Wildman–Crippen MR) is 83.3 cm³/mol. The topological polar surface area (TPSA) is 37.4 Å². The smallest absolute Gasteiger partial charge is 0.207 e. The van der Waals surface area contributed by atoms with Crippen LogP contribution in [0.4, 0.5) is 4.39 Å². The molecule has 0 N–H and O–H groups in total. The van der Waals surface area contributed by atoms with Gasteiger partial charge in [-0.3, -0.25) is 0 Å². The van der Waals surface area contributed by atoms with Crippen LogP contribution in [0.3, 0.4) is 0 Å².